The molecule has 2 amide bonds. The molecule has 134 valence electrons. The van der Waals surface area contributed by atoms with Crippen molar-refractivity contribution in [2.75, 3.05) is 11.9 Å². The van der Waals surface area contributed by atoms with Crippen LogP contribution < -0.4 is 16.4 Å². The smallest absolute Gasteiger partial charge is 0.305 e. The predicted octanol–water partition coefficient (Wildman–Crippen LogP) is 1.43. The number of carbonyl (C=O) groups excluding carboxylic acids is 2. The quantitative estimate of drug-likeness (QED) is 0.377. The standard InChI is InChI=1S/C18H18N4O4/c19-16(20)11-3-1-4-12(9-11)18(26)22-14-6-2-5-13(10-14)17(25)21-8-7-15(23)24/h1-6,9-10H,7-8H2,(H3,19,20)(H,21,25)(H,22,26)(H,23,24). The number of carboxylic acid groups (broad SMARTS) is 1. The second-order valence-corrected chi connectivity index (χ2v) is 5.43. The Bertz CT molecular complexity index is 864. The Morgan fingerprint density at radius 2 is 1.58 bits per heavy atom. The molecule has 8 heteroatoms. The van der Waals surface area contributed by atoms with Crippen LogP contribution in [0.2, 0.25) is 0 Å². The van der Waals surface area contributed by atoms with Gasteiger partial charge in [0.2, 0.25) is 0 Å². The summed E-state index contributed by atoms with van der Waals surface area (Å²) in [6.07, 6.45) is -0.172. The van der Waals surface area contributed by atoms with Gasteiger partial charge in [0.15, 0.2) is 0 Å². The normalized spacial score (nSPS) is 10.0. The highest BCUT2D eigenvalue weighted by molar-refractivity contribution is 6.06. The van der Waals surface area contributed by atoms with Gasteiger partial charge in [0.1, 0.15) is 5.84 Å². The van der Waals surface area contributed by atoms with Crippen LogP contribution in [-0.2, 0) is 4.79 Å². The van der Waals surface area contributed by atoms with Gasteiger partial charge in [-0.05, 0) is 30.3 Å². The van der Waals surface area contributed by atoms with Crippen LogP contribution in [0.4, 0.5) is 5.69 Å². The van der Waals surface area contributed by atoms with Crippen molar-refractivity contribution in [1.29, 1.82) is 5.41 Å². The zero-order valence-electron chi connectivity index (χ0n) is 13.8. The monoisotopic (exact) mass is 354 g/mol. The largest absolute Gasteiger partial charge is 0.481 e. The van der Waals surface area contributed by atoms with Crippen molar-refractivity contribution < 1.29 is 19.5 Å². The maximum absolute atomic E-state index is 12.3. The molecule has 0 aliphatic rings. The van der Waals surface area contributed by atoms with Gasteiger partial charge in [0.05, 0.1) is 6.42 Å². The Labute approximate surface area is 149 Å². The van der Waals surface area contributed by atoms with Crippen molar-refractivity contribution in [3.63, 3.8) is 0 Å². The first-order valence-corrected chi connectivity index (χ1v) is 7.72. The SMILES string of the molecule is N=C(N)c1cccc(C(=O)Nc2cccc(C(=O)NCCC(=O)O)c2)c1. The van der Waals surface area contributed by atoms with Crippen LogP contribution >= 0.6 is 0 Å². The van der Waals surface area contributed by atoms with E-state index in [1.54, 1.807) is 36.4 Å². The Kier molecular flexibility index (Phi) is 6.05. The van der Waals surface area contributed by atoms with Crippen molar-refractivity contribution in [3.05, 3.63) is 65.2 Å². The van der Waals surface area contributed by atoms with Crippen molar-refractivity contribution >= 4 is 29.3 Å². The van der Waals surface area contributed by atoms with Gasteiger partial charge >= 0.3 is 5.97 Å². The zero-order chi connectivity index (χ0) is 19.1. The molecule has 6 N–H and O–H groups in total. The topological polar surface area (TPSA) is 145 Å². The number of carbonyl (C=O) groups is 3. The molecule has 0 bridgehead atoms. The maximum atomic E-state index is 12.3. The minimum Gasteiger partial charge on any atom is -0.481 e. The summed E-state index contributed by atoms with van der Waals surface area (Å²) in [5, 5.41) is 21.2. The predicted molar refractivity (Wildman–Crippen MR) is 96.4 cm³/mol. The number of amides is 2. The number of nitrogen functional groups attached to an aromatic ring is 1. The van der Waals surface area contributed by atoms with Crippen LogP contribution in [0, 0.1) is 5.41 Å². The van der Waals surface area contributed by atoms with E-state index in [2.05, 4.69) is 10.6 Å². The molecule has 0 spiro atoms. The van der Waals surface area contributed by atoms with E-state index in [0.717, 1.165) is 0 Å². The van der Waals surface area contributed by atoms with Gasteiger partial charge in [-0.25, -0.2) is 0 Å². The molecule has 2 rings (SSSR count). The lowest BCUT2D eigenvalue weighted by Crippen LogP contribution is -2.26. The minimum absolute atomic E-state index is 0.0165. The average Bonchev–Trinajstić information content (AvgIpc) is 2.61. The third kappa shape index (κ3) is 5.17. The third-order valence-electron chi connectivity index (χ3n) is 3.44. The molecule has 0 fully saturated rings. The fraction of sp³-hybridized carbons (Fsp3) is 0.111. The van der Waals surface area contributed by atoms with Crippen LogP contribution in [0.15, 0.2) is 48.5 Å². The lowest BCUT2D eigenvalue weighted by molar-refractivity contribution is -0.136. The van der Waals surface area contributed by atoms with E-state index in [-0.39, 0.29) is 18.8 Å². The number of hydrogen-bond acceptors (Lipinski definition) is 4. The molecule has 0 saturated carbocycles. The molecular weight excluding hydrogens is 336 g/mol. The number of nitrogens with two attached hydrogens (primary N) is 1. The number of amidine groups is 1. The van der Waals surface area contributed by atoms with Crippen LogP contribution in [0.5, 0.6) is 0 Å². The first-order valence-electron chi connectivity index (χ1n) is 7.72. The van der Waals surface area contributed by atoms with Crippen LogP contribution in [0.25, 0.3) is 0 Å². The Morgan fingerprint density at radius 1 is 0.962 bits per heavy atom. The maximum Gasteiger partial charge on any atom is 0.305 e. The van der Waals surface area contributed by atoms with Gasteiger partial charge in [0.25, 0.3) is 11.8 Å². The van der Waals surface area contributed by atoms with E-state index in [9.17, 15) is 14.4 Å². The molecule has 0 atom stereocenters. The van der Waals surface area contributed by atoms with Crippen molar-refractivity contribution in [2.24, 2.45) is 5.73 Å². The Balaban J connectivity index is 2.07. The highest BCUT2D eigenvalue weighted by Crippen LogP contribution is 2.13. The molecule has 2 aromatic rings. The summed E-state index contributed by atoms with van der Waals surface area (Å²) in [7, 11) is 0. The average molecular weight is 354 g/mol. The van der Waals surface area contributed by atoms with Crippen LogP contribution in [0.1, 0.15) is 32.7 Å². The number of nitrogens with one attached hydrogen (secondary N) is 3. The fourth-order valence-electron chi connectivity index (χ4n) is 2.15. The molecule has 2 aromatic carbocycles. The summed E-state index contributed by atoms with van der Waals surface area (Å²) in [5.41, 5.74) is 6.89. The molecule has 0 saturated heterocycles. The van der Waals surface area contributed by atoms with Crippen LogP contribution in [-0.4, -0.2) is 35.3 Å². The molecule has 0 heterocycles. The van der Waals surface area contributed by atoms with Gasteiger partial charge in [-0.3, -0.25) is 19.8 Å². The first kappa shape index (κ1) is 18.7. The van der Waals surface area contributed by atoms with Gasteiger partial charge < -0.3 is 21.5 Å². The van der Waals surface area contributed by atoms with Crippen molar-refractivity contribution in [2.45, 2.75) is 6.42 Å². The van der Waals surface area contributed by atoms with Crippen molar-refractivity contribution in [3.8, 4) is 0 Å². The van der Waals surface area contributed by atoms with Gasteiger partial charge in [-0.1, -0.05) is 18.2 Å². The summed E-state index contributed by atoms with van der Waals surface area (Å²) in [6.45, 7) is 0.0165. The van der Waals surface area contributed by atoms with Gasteiger partial charge in [0, 0.05) is 28.9 Å². The lowest BCUT2D eigenvalue weighted by atomic mass is 10.1. The number of carboxylic acids is 1. The lowest BCUT2D eigenvalue weighted by Gasteiger charge is -2.09. The molecule has 0 aliphatic heterocycles. The second kappa shape index (κ2) is 8.43. The molecule has 0 aromatic heterocycles. The summed E-state index contributed by atoms with van der Waals surface area (Å²) in [6, 6.07) is 12.6. The van der Waals surface area contributed by atoms with Crippen LogP contribution in [0.3, 0.4) is 0 Å². The van der Waals surface area contributed by atoms with E-state index in [0.29, 0.717) is 22.4 Å². The molecular formula is C18H18N4O4. The molecule has 26 heavy (non-hydrogen) atoms. The third-order valence-corrected chi connectivity index (χ3v) is 3.44. The number of hydrogen-bond donors (Lipinski definition) is 5. The van der Waals surface area contributed by atoms with E-state index in [4.69, 9.17) is 16.2 Å². The minimum atomic E-state index is -1.00. The molecule has 8 nitrogen and oxygen atoms in total. The second-order valence-electron chi connectivity index (χ2n) is 5.43. The van der Waals surface area contributed by atoms with Crippen molar-refractivity contribution in [1.82, 2.24) is 5.32 Å². The Morgan fingerprint density at radius 3 is 2.23 bits per heavy atom. The summed E-state index contributed by atoms with van der Waals surface area (Å²) in [4.78, 5) is 34.8. The number of aliphatic carboxylic acids is 1. The zero-order valence-corrected chi connectivity index (χ0v) is 13.8. The molecule has 0 radical (unpaired) electrons. The van der Waals surface area contributed by atoms with Gasteiger partial charge in [-0.15, -0.1) is 0 Å². The summed E-state index contributed by atoms with van der Waals surface area (Å²) >= 11 is 0. The fourth-order valence-corrected chi connectivity index (χ4v) is 2.15. The van der Waals surface area contributed by atoms with E-state index >= 15 is 0 Å². The number of anilines is 1. The van der Waals surface area contributed by atoms with E-state index < -0.39 is 17.8 Å². The highest BCUT2D eigenvalue weighted by Gasteiger charge is 2.10. The van der Waals surface area contributed by atoms with Gasteiger partial charge in [-0.2, -0.15) is 0 Å². The highest BCUT2D eigenvalue weighted by atomic mass is 16.4. The summed E-state index contributed by atoms with van der Waals surface area (Å²) in [5.74, 6) is -1.98. The Hall–Kier alpha value is -3.68. The number of benzene rings is 2. The summed E-state index contributed by atoms with van der Waals surface area (Å²) < 4.78 is 0. The van der Waals surface area contributed by atoms with E-state index in [1.165, 1.54) is 12.1 Å². The van der Waals surface area contributed by atoms with E-state index in [1.807, 2.05) is 0 Å². The number of rotatable bonds is 7. The first-order chi connectivity index (χ1) is 12.4. The molecule has 0 unspecified atom stereocenters. The molecule has 0 aliphatic carbocycles.